The fourth-order valence-electron chi connectivity index (χ4n) is 3.83. The van der Waals surface area contributed by atoms with Gasteiger partial charge in [-0.1, -0.05) is 27.7 Å². The van der Waals surface area contributed by atoms with E-state index in [-0.39, 0.29) is 0 Å². The molecule has 32 heavy (non-hydrogen) atoms. The number of aliphatic imine (C=N–C) groups is 1. The zero-order chi connectivity index (χ0) is 23.3. The van der Waals surface area contributed by atoms with Crippen LogP contribution in [0.15, 0.2) is 35.6 Å². The number of anilines is 1. The van der Waals surface area contributed by atoms with Gasteiger partial charge in [-0.15, -0.1) is 5.10 Å². The molecule has 0 amide bonds. The van der Waals surface area contributed by atoms with Gasteiger partial charge in [-0.25, -0.2) is 9.50 Å². The molecule has 0 radical (unpaired) electrons. The van der Waals surface area contributed by atoms with Crippen LogP contribution in [-0.4, -0.2) is 31.3 Å². The zero-order valence-electron chi connectivity index (χ0n) is 20.7. The average Bonchev–Trinajstić information content (AvgIpc) is 3.14. The molecule has 1 N–H and O–H groups in total. The van der Waals surface area contributed by atoms with Gasteiger partial charge in [0.15, 0.2) is 0 Å². The molecule has 172 valence electrons. The number of nitrogens with one attached hydrogen (secondary N) is 1. The smallest absolute Gasteiger partial charge is 0.241 e. The lowest BCUT2D eigenvalue weighted by Crippen LogP contribution is -2.26. The van der Waals surface area contributed by atoms with Crippen LogP contribution >= 0.6 is 0 Å². The van der Waals surface area contributed by atoms with Crippen LogP contribution < -0.4 is 5.32 Å². The molecule has 3 aromatic heterocycles. The maximum Gasteiger partial charge on any atom is 0.241 e. The van der Waals surface area contributed by atoms with Crippen molar-refractivity contribution < 1.29 is 0 Å². The molecule has 0 aliphatic heterocycles. The molecule has 6 heteroatoms. The molecule has 1 fully saturated rings. The summed E-state index contributed by atoms with van der Waals surface area (Å²) in [5.74, 6) is 2.36. The highest BCUT2D eigenvalue weighted by molar-refractivity contribution is 5.83. The van der Waals surface area contributed by atoms with E-state index >= 15 is 0 Å². The highest BCUT2D eigenvalue weighted by atomic mass is 15.3. The summed E-state index contributed by atoms with van der Waals surface area (Å²) >= 11 is 0. The van der Waals surface area contributed by atoms with Gasteiger partial charge in [0.1, 0.15) is 0 Å². The summed E-state index contributed by atoms with van der Waals surface area (Å²) in [4.78, 5) is 13.8. The highest BCUT2D eigenvalue weighted by Crippen LogP contribution is 2.28. The SMILES string of the molecule is CC(C)=Nc1ccc(-c2ccn3nc(NC4CCC(C)CC4)ncc23)nc1C.CC(C)C. The summed E-state index contributed by atoms with van der Waals surface area (Å²) in [6.07, 6.45) is 8.78. The molecule has 0 unspecified atom stereocenters. The standard InChI is InChI=1S/C22H28N6.C4H10/c1-14(2)24-19-9-10-20(25-16(19)4)18-11-12-28-21(18)13-23-22(27-28)26-17-7-5-15(3)6-8-17;1-4(2)3/h9-13,15,17H,5-8H2,1-4H3,(H,26,27);4H,1-3H3. The lowest BCUT2D eigenvalue weighted by atomic mass is 9.87. The second-order valence-corrected chi connectivity index (χ2v) is 9.83. The molecule has 0 bridgehead atoms. The van der Waals surface area contributed by atoms with Crippen molar-refractivity contribution in [3.8, 4) is 11.3 Å². The highest BCUT2D eigenvalue weighted by Gasteiger charge is 2.19. The number of pyridine rings is 1. The van der Waals surface area contributed by atoms with Crippen molar-refractivity contribution in [3.05, 3.63) is 36.3 Å². The second kappa shape index (κ2) is 10.7. The maximum absolute atomic E-state index is 4.75. The topological polar surface area (TPSA) is 67.5 Å². The molecular formula is C26H38N6. The van der Waals surface area contributed by atoms with Gasteiger partial charge in [0.2, 0.25) is 5.95 Å². The second-order valence-electron chi connectivity index (χ2n) is 9.83. The lowest BCUT2D eigenvalue weighted by Gasteiger charge is -2.26. The predicted molar refractivity (Wildman–Crippen MR) is 135 cm³/mol. The van der Waals surface area contributed by atoms with Gasteiger partial charge in [-0.05, 0) is 76.5 Å². The van der Waals surface area contributed by atoms with Crippen molar-refractivity contribution in [3.63, 3.8) is 0 Å². The molecule has 0 atom stereocenters. The van der Waals surface area contributed by atoms with E-state index < -0.39 is 0 Å². The summed E-state index contributed by atoms with van der Waals surface area (Å²) in [6.45, 7) is 14.8. The van der Waals surface area contributed by atoms with Crippen LogP contribution in [0.3, 0.4) is 0 Å². The third-order valence-corrected chi connectivity index (χ3v) is 5.44. The van der Waals surface area contributed by atoms with Crippen LogP contribution in [0.1, 0.15) is 72.9 Å². The quantitative estimate of drug-likeness (QED) is 0.455. The van der Waals surface area contributed by atoms with E-state index in [1.165, 1.54) is 25.7 Å². The first-order valence-corrected chi connectivity index (χ1v) is 11.8. The Hall–Kier alpha value is -2.76. The fourth-order valence-corrected chi connectivity index (χ4v) is 3.83. The van der Waals surface area contributed by atoms with Crippen LogP contribution in [0.4, 0.5) is 11.6 Å². The van der Waals surface area contributed by atoms with Gasteiger partial charge in [-0.2, -0.15) is 0 Å². The zero-order valence-corrected chi connectivity index (χ0v) is 20.7. The summed E-state index contributed by atoms with van der Waals surface area (Å²) in [6, 6.07) is 6.56. The van der Waals surface area contributed by atoms with Crippen molar-refractivity contribution >= 4 is 22.9 Å². The Kier molecular flexibility index (Phi) is 7.99. The van der Waals surface area contributed by atoms with Gasteiger partial charge in [-0.3, -0.25) is 9.98 Å². The molecule has 3 heterocycles. The van der Waals surface area contributed by atoms with Crippen molar-refractivity contribution in [2.45, 2.75) is 80.2 Å². The van der Waals surface area contributed by atoms with Crippen LogP contribution in [0, 0.1) is 18.8 Å². The third-order valence-electron chi connectivity index (χ3n) is 5.44. The minimum Gasteiger partial charge on any atom is -0.350 e. The van der Waals surface area contributed by atoms with E-state index in [1.54, 1.807) is 0 Å². The van der Waals surface area contributed by atoms with E-state index in [0.29, 0.717) is 12.0 Å². The first-order chi connectivity index (χ1) is 15.2. The van der Waals surface area contributed by atoms with Crippen LogP contribution in [0.5, 0.6) is 0 Å². The van der Waals surface area contributed by atoms with Gasteiger partial charge >= 0.3 is 0 Å². The summed E-state index contributed by atoms with van der Waals surface area (Å²) in [5, 5.41) is 8.16. The molecule has 6 nitrogen and oxygen atoms in total. The van der Waals surface area contributed by atoms with E-state index in [0.717, 1.165) is 45.7 Å². The predicted octanol–water partition coefficient (Wildman–Crippen LogP) is 6.86. The average molecular weight is 435 g/mol. The lowest BCUT2D eigenvalue weighted by molar-refractivity contribution is 0.360. The number of hydrogen-bond acceptors (Lipinski definition) is 5. The van der Waals surface area contributed by atoms with Crippen LogP contribution in [0.25, 0.3) is 16.8 Å². The summed E-state index contributed by atoms with van der Waals surface area (Å²) in [5.41, 5.74) is 5.76. The Labute approximate surface area is 192 Å². The molecule has 0 spiro atoms. The number of rotatable bonds is 4. The first-order valence-electron chi connectivity index (χ1n) is 11.8. The van der Waals surface area contributed by atoms with E-state index in [1.807, 2.05) is 55.9 Å². The summed E-state index contributed by atoms with van der Waals surface area (Å²) < 4.78 is 1.88. The van der Waals surface area contributed by atoms with Crippen molar-refractivity contribution in [1.29, 1.82) is 0 Å². The third kappa shape index (κ3) is 6.38. The van der Waals surface area contributed by atoms with Crippen LogP contribution in [0.2, 0.25) is 0 Å². The van der Waals surface area contributed by atoms with E-state index in [4.69, 9.17) is 4.98 Å². The Bertz CT molecular complexity index is 1050. The van der Waals surface area contributed by atoms with E-state index in [9.17, 15) is 0 Å². The molecule has 4 rings (SSSR count). The Morgan fingerprint density at radius 1 is 1.09 bits per heavy atom. The van der Waals surface area contributed by atoms with Gasteiger partial charge in [0, 0.05) is 23.5 Å². The largest absolute Gasteiger partial charge is 0.350 e. The molecule has 1 aliphatic rings. The number of aromatic nitrogens is 4. The summed E-state index contributed by atoms with van der Waals surface area (Å²) in [7, 11) is 0. The normalized spacial score (nSPS) is 18.2. The Morgan fingerprint density at radius 3 is 2.41 bits per heavy atom. The monoisotopic (exact) mass is 434 g/mol. The first kappa shape index (κ1) is 23.9. The molecule has 0 saturated heterocycles. The number of aryl methyl sites for hydroxylation is 1. The van der Waals surface area contributed by atoms with Gasteiger partial charge in [0.25, 0.3) is 0 Å². The molecule has 0 aromatic carbocycles. The van der Waals surface area contributed by atoms with Crippen LogP contribution in [-0.2, 0) is 0 Å². The Balaban J connectivity index is 0.000000668. The minimum absolute atomic E-state index is 0.475. The van der Waals surface area contributed by atoms with Crippen molar-refractivity contribution in [2.24, 2.45) is 16.8 Å². The fraction of sp³-hybridized carbons (Fsp3) is 0.538. The molecule has 1 aliphatic carbocycles. The Morgan fingerprint density at radius 2 is 1.78 bits per heavy atom. The number of nitrogens with zero attached hydrogens (tertiary/aromatic N) is 5. The van der Waals surface area contributed by atoms with Gasteiger partial charge < -0.3 is 5.32 Å². The van der Waals surface area contributed by atoms with Crippen molar-refractivity contribution in [1.82, 2.24) is 19.6 Å². The molecule has 1 saturated carbocycles. The van der Waals surface area contributed by atoms with Crippen molar-refractivity contribution in [2.75, 3.05) is 5.32 Å². The minimum atomic E-state index is 0.475. The maximum atomic E-state index is 4.75. The number of hydrogen-bond donors (Lipinski definition) is 1. The number of fused-ring (bicyclic) bond motifs is 1. The molecule has 3 aromatic rings. The van der Waals surface area contributed by atoms with E-state index in [2.05, 4.69) is 48.1 Å². The van der Waals surface area contributed by atoms with Gasteiger partial charge in [0.05, 0.1) is 28.8 Å². The molecular weight excluding hydrogens is 396 g/mol.